The van der Waals surface area contributed by atoms with Gasteiger partial charge in [-0.15, -0.1) is 0 Å². The topological polar surface area (TPSA) is 29.5 Å². The van der Waals surface area contributed by atoms with Crippen LogP contribution in [0.2, 0.25) is 0 Å². The average Bonchev–Trinajstić information content (AvgIpc) is 2.80. The molecule has 70 valence electrons. The lowest BCUT2D eigenvalue weighted by atomic mass is 10.2. The lowest BCUT2D eigenvalue weighted by Crippen LogP contribution is -2.21. The highest BCUT2D eigenvalue weighted by Gasteiger charge is 2.30. The SMILES string of the molecule is OC(COC1CCCC1)C1CC1. The summed E-state index contributed by atoms with van der Waals surface area (Å²) >= 11 is 0. The van der Waals surface area contributed by atoms with Crippen molar-refractivity contribution in [2.75, 3.05) is 6.61 Å². The molecule has 0 aromatic rings. The summed E-state index contributed by atoms with van der Waals surface area (Å²) in [6.07, 6.45) is 7.72. The molecule has 0 aromatic carbocycles. The van der Waals surface area contributed by atoms with Crippen molar-refractivity contribution >= 4 is 0 Å². The van der Waals surface area contributed by atoms with Crippen LogP contribution in [0.5, 0.6) is 0 Å². The summed E-state index contributed by atoms with van der Waals surface area (Å²) in [4.78, 5) is 0. The van der Waals surface area contributed by atoms with E-state index in [4.69, 9.17) is 4.74 Å². The summed E-state index contributed by atoms with van der Waals surface area (Å²) < 4.78 is 5.62. The van der Waals surface area contributed by atoms with Gasteiger partial charge in [-0.3, -0.25) is 0 Å². The number of aliphatic hydroxyl groups is 1. The molecule has 0 amide bonds. The van der Waals surface area contributed by atoms with E-state index in [1.165, 1.54) is 38.5 Å². The molecule has 0 radical (unpaired) electrons. The molecule has 2 heteroatoms. The fourth-order valence-corrected chi connectivity index (χ4v) is 1.91. The molecule has 2 saturated carbocycles. The fourth-order valence-electron chi connectivity index (χ4n) is 1.91. The van der Waals surface area contributed by atoms with Crippen molar-refractivity contribution in [3.63, 3.8) is 0 Å². The minimum Gasteiger partial charge on any atom is -0.390 e. The Morgan fingerprint density at radius 2 is 1.83 bits per heavy atom. The molecule has 2 aliphatic rings. The van der Waals surface area contributed by atoms with Gasteiger partial charge in [-0.05, 0) is 31.6 Å². The van der Waals surface area contributed by atoms with Crippen molar-refractivity contribution in [1.29, 1.82) is 0 Å². The second-order valence-electron chi connectivity index (χ2n) is 4.14. The summed E-state index contributed by atoms with van der Waals surface area (Å²) in [5.74, 6) is 0.561. The smallest absolute Gasteiger partial charge is 0.0801 e. The zero-order valence-corrected chi connectivity index (χ0v) is 7.54. The first-order valence-electron chi connectivity index (χ1n) is 5.16. The summed E-state index contributed by atoms with van der Waals surface area (Å²) in [6, 6.07) is 0. The van der Waals surface area contributed by atoms with Crippen molar-refractivity contribution in [3.8, 4) is 0 Å². The van der Waals surface area contributed by atoms with Crippen molar-refractivity contribution in [2.24, 2.45) is 5.92 Å². The van der Waals surface area contributed by atoms with Crippen LogP contribution in [0.15, 0.2) is 0 Å². The maximum atomic E-state index is 9.52. The molecule has 0 bridgehead atoms. The van der Waals surface area contributed by atoms with E-state index in [1.807, 2.05) is 0 Å². The zero-order valence-electron chi connectivity index (χ0n) is 7.54. The number of aliphatic hydroxyl groups excluding tert-OH is 1. The summed E-state index contributed by atoms with van der Waals surface area (Å²) in [5.41, 5.74) is 0. The van der Waals surface area contributed by atoms with E-state index in [0.717, 1.165) is 0 Å². The van der Waals surface area contributed by atoms with Gasteiger partial charge in [0.15, 0.2) is 0 Å². The van der Waals surface area contributed by atoms with Crippen LogP contribution in [-0.4, -0.2) is 23.9 Å². The van der Waals surface area contributed by atoms with E-state index in [1.54, 1.807) is 0 Å². The van der Waals surface area contributed by atoms with E-state index in [2.05, 4.69) is 0 Å². The van der Waals surface area contributed by atoms with Crippen LogP contribution >= 0.6 is 0 Å². The van der Waals surface area contributed by atoms with Gasteiger partial charge in [0.1, 0.15) is 0 Å². The van der Waals surface area contributed by atoms with Crippen molar-refractivity contribution in [1.82, 2.24) is 0 Å². The minimum absolute atomic E-state index is 0.175. The van der Waals surface area contributed by atoms with Gasteiger partial charge >= 0.3 is 0 Å². The average molecular weight is 170 g/mol. The third-order valence-corrected chi connectivity index (χ3v) is 2.97. The van der Waals surface area contributed by atoms with Gasteiger partial charge in [-0.1, -0.05) is 12.8 Å². The second-order valence-corrected chi connectivity index (χ2v) is 4.14. The third-order valence-electron chi connectivity index (χ3n) is 2.97. The molecule has 0 spiro atoms. The molecule has 2 nitrogen and oxygen atoms in total. The van der Waals surface area contributed by atoms with E-state index >= 15 is 0 Å². The molecule has 1 N–H and O–H groups in total. The second kappa shape index (κ2) is 3.75. The van der Waals surface area contributed by atoms with E-state index in [9.17, 15) is 5.11 Å². The highest BCUT2D eigenvalue weighted by Crippen LogP contribution is 2.33. The minimum atomic E-state index is -0.175. The number of rotatable bonds is 4. The molecule has 1 unspecified atom stereocenters. The van der Waals surface area contributed by atoms with Crippen LogP contribution < -0.4 is 0 Å². The van der Waals surface area contributed by atoms with Crippen molar-refractivity contribution in [2.45, 2.75) is 50.7 Å². The van der Waals surface area contributed by atoms with Gasteiger partial charge in [0.25, 0.3) is 0 Å². The standard InChI is InChI=1S/C10H18O2/c11-10(8-5-6-8)7-12-9-3-1-2-4-9/h8-11H,1-7H2. The maximum Gasteiger partial charge on any atom is 0.0801 e. The van der Waals surface area contributed by atoms with E-state index in [-0.39, 0.29) is 6.10 Å². The van der Waals surface area contributed by atoms with Crippen LogP contribution in [0.1, 0.15) is 38.5 Å². The Morgan fingerprint density at radius 1 is 1.17 bits per heavy atom. The molecule has 2 aliphatic carbocycles. The first kappa shape index (κ1) is 8.52. The molecule has 0 aromatic heterocycles. The molecule has 2 rings (SSSR count). The Kier molecular flexibility index (Phi) is 2.66. The van der Waals surface area contributed by atoms with Crippen molar-refractivity contribution < 1.29 is 9.84 Å². The summed E-state index contributed by atoms with van der Waals surface area (Å²) in [6.45, 7) is 0.579. The van der Waals surface area contributed by atoms with E-state index in [0.29, 0.717) is 18.6 Å². The molecule has 0 aliphatic heterocycles. The Hall–Kier alpha value is -0.0800. The number of hydrogen-bond acceptors (Lipinski definition) is 2. The first-order valence-corrected chi connectivity index (χ1v) is 5.16. The van der Waals surface area contributed by atoms with Gasteiger partial charge in [0.2, 0.25) is 0 Å². The molecule has 12 heavy (non-hydrogen) atoms. The fraction of sp³-hybridized carbons (Fsp3) is 1.00. The van der Waals surface area contributed by atoms with Gasteiger partial charge in [-0.2, -0.15) is 0 Å². The Labute approximate surface area is 73.9 Å². The molecule has 0 heterocycles. The highest BCUT2D eigenvalue weighted by molar-refractivity contribution is 4.81. The van der Waals surface area contributed by atoms with Crippen LogP contribution in [0.25, 0.3) is 0 Å². The quantitative estimate of drug-likeness (QED) is 0.696. The zero-order chi connectivity index (χ0) is 8.39. The molecular formula is C10H18O2. The molecule has 0 saturated heterocycles. The van der Waals surface area contributed by atoms with Crippen LogP contribution in [0.4, 0.5) is 0 Å². The monoisotopic (exact) mass is 170 g/mol. The van der Waals surface area contributed by atoms with Gasteiger partial charge in [0, 0.05) is 0 Å². The Bertz CT molecular complexity index is 135. The van der Waals surface area contributed by atoms with Crippen LogP contribution in [0.3, 0.4) is 0 Å². The largest absolute Gasteiger partial charge is 0.390 e. The Balaban J connectivity index is 1.60. The van der Waals surface area contributed by atoms with Gasteiger partial charge in [0.05, 0.1) is 18.8 Å². The van der Waals surface area contributed by atoms with Crippen LogP contribution in [-0.2, 0) is 4.74 Å². The highest BCUT2D eigenvalue weighted by atomic mass is 16.5. The Morgan fingerprint density at radius 3 is 2.42 bits per heavy atom. The maximum absolute atomic E-state index is 9.52. The van der Waals surface area contributed by atoms with Crippen molar-refractivity contribution in [3.05, 3.63) is 0 Å². The lowest BCUT2D eigenvalue weighted by molar-refractivity contribution is -0.0139. The van der Waals surface area contributed by atoms with Gasteiger partial charge in [-0.25, -0.2) is 0 Å². The number of hydrogen-bond donors (Lipinski definition) is 1. The predicted molar refractivity (Wildman–Crippen MR) is 46.9 cm³/mol. The molecular weight excluding hydrogens is 152 g/mol. The first-order chi connectivity index (χ1) is 5.86. The third kappa shape index (κ3) is 2.20. The lowest BCUT2D eigenvalue weighted by Gasteiger charge is -2.14. The molecule has 1 atom stereocenters. The summed E-state index contributed by atoms with van der Waals surface area (Å²) in [5, 5.41) is 9.52. The predicted octanol–water partition coefficient (Wildman–Crippen LogP) is 1.72. The summed E-state index contributed by atoms with van der Waals surface area (Å²) in [7, 11) is 0. The normalized spacial score (nSPS) is 27.8. The number of ether oxygens (including phenoxy) is 1. The van der Waals surface area contributed by atoms with Crippen LogP contribution in [0, 0.1) is 5.92 Å². The molecule has 2 fully saturated rings. The van der Waals surface area contributed by atoms with Gasteiger partial charge < -0.3 is 9.84 Å². The van der Waals surface area contributed by atoms with E-state index < -0.39 is 0 Å².